The smallest absolute Gasteiger partial charge is 0.272 e. The molecule has 92 valence electrons. The van der Waals surface area contributed by atoms with Gasteiger partial charge < -0.3 is 4.90 Å². The Morgan fingerprint density at radius 3 is 2.94 bits per heavy atom. The molecule has 1 aliphatic heterocycles. The van der Waals surface area contributed by atoms with Gasteiger partial charge in [-0.2, -0.15) is 11.8 Å². The molecule has 1 aliphatic rings. The second-order valence-corrected chi connectivity index (χ2v) is 7.29. The summed E-state index contributed by atoms with van der Waals surface area (Å²) in [5.74, 6) is 1.02. The van der Waals surface area contributed by atoms with E-state index in [0.29, 0.717) is 10.3 Å². The molecule has 17 heavy (non-hydrogen) atoms. The lowest BCUT2D eigenvalue weighted by Gasteiger charge is -2.37. The first-order chi connectivity index (χ1) is 7.98. The summed E-state index contributed by atoms with van der Waals surface area (Å²) in [7, 11) is 0. The van der Waals surface area contributed by atoms with Crippen molar-refractivity contribution in [1.82, 2.24) is 9.88 Å². The van der Waals surface area contributed by atoms with Crippen molar-refractivity contribution < 1.29 is 4.79 Å². The fourth-order valence-corrected chi connectivity index (χ4v) is 3.33. The number of thioether (sulfide) groups is 1. The molecule has 2 heterocycles. The van der Waals surface area contributed by atoms with Crippen molar-refractivity contribution in [3.05, 3.63) is 28.5 Å². The highest BCUT2D eigenvalue weighted by Crippen LogP contribution is 2.30. The van der Waals surface area contributed by atoms with Crippen LogP contribution in [0.15, 0.2) is 22.8 Å². The Morgan fingerprint density at radius 2 is 2.29 bits per heavy atom. The summed E-state index contributed by atoms with van der Waals surface area (Å²) in [5.41, 5.74) is 0.516. The summed E-state index contributed by atoms with van der Waals surface area (Å²) in [4.78, 5) is 18.4. The number of carbonyl (C=O) groups excluding carboxylic acids is 1. The molecule has 0 aromatic carbocycles. The molecule has 1 amide bonds. The van der Waals surface area contributed by atoms with Gasteiger partial charge in [0.25, 0.3) is 5.91 Å². The standard InChI is InChI=1S/C12H15BrN2OS/c1-12(2)8-15(6-7-17-12)11(16)9-4-3-5-10(13)14-9/h3-5H,6-8H2,1-2H3. The third-order valence-corrected chi connectivity index (χ3v) is 4.39. The van der Waals surface area contributed by atoms with E-state index in [0.717, 1.165) is 18.8 Å². The van der Waals surface area contributed by atoms with Crippen LogP contribution in [0.25, 0.3) is 0 Å². The number of amides is 1. The molecule has 0 unspecified atom stereocenters. The van der Waals surface area contributed by atoms with Gasteiger partial charge in [0.2, 0.25) is 0 Å². The Kier molecular flexibility index (Phi) is 3.78. The van der Waals surface area contributed by atoms with Gasteiger partial charge >= 0.3 is 0 Å². The summed E-state index contributed by atoms with van der Waals surface area (Å²) in [5, 5.41) is 0. The second-order valence-electron chi connectivity index (χ2n) is 4.68. The maximum absolute atomic E-state index is 12.3. The van der Waals surface area contributed by atoms with Gasteiger partial charge in [-0.05, 0) is 41.9 Å². The first-order valence-electron chi connectivity index (χ1n) is 5.54. The van der Waals surface area contributed by atoms with Crippen molar-refractivity contribution in [2.75, 3.05) is 18.8 Å². The van der Waals surface area contributed by atoms with Crippen LogP contribution in [0, 0.1) is 0 Å². The summed E-state index contributed by atoms with van der Waals surface area (Å²) in [6.07, 6.45) is 0. The highest BCUT2D eigenvalue weighted by Gasteiger charge is 2.30. The van der Waals surface area contributed by atoms with Crippen molar-refractivity contribution in [2.24, 2.45) is 0 Å². The van der Waals surface area contributed by atoms with E-state index < -0.39 is 0 Å². The molecule has 3 nitrogen and oxygen atoms in total. The first-order valence-corrected chi connectivity index (χ1v) is 7.32. The molecule has 1 aromatic heterocycles. The van der Waals surface area contributed by atoms with Crippen LogP contribution in [0.4, 0.5) is 0 Å². The van der Waals surface area contributed by atoms with E-state index in [2.05, 4.69) is 34.8 Å². The second kappa shape index (κ2) is 4.98. The Balaban J connectivity index is 2.15. The number of aromatic nitrogens is 1. The Labute approximate surface area is 114 Å². The Morgan fingerprint density at radius 1 is 1.53 bits per heavy atom. The molecule has 1 fully saturated rings. The zero-order valence-electron chi connectivity index (χ0n) is 9.94. The maximum atomic E-state index is 12.3. The predicted molar refractivity (Wildman–Crippen MR) is 74.4 cm³/mol. The number of nitrogens with zero attached hydrogens (tertiary/aromatic N) is 2. The topological polar surface area (TPSA) is 33.2 Å². The van der Waals surface area contributed by atoms with Gasteiger partial charge in [0.1, 0.15) is 10.3 Å². The van der Waals surface area contributed by atoms with Crippen LogP contribution < -0.4 is 0 Å². The van der Waals surface area contributed by atoms with E-state index in [4.69, 9.17) is 0 Å². The molecular weight excluding hydrogens is 300 g/mol. The van der Waals surface area contributed by atoms with E-state index in [1.54, 1.807) is 6.07 Å². The Hall–Kier alpha value is -0.550. The number of hydrogen-bond donors (Lipinski definition) is 0. The summed E-state index contributed by atoms with van der Waals surface area (Å²) in [6.45, 7) is 5.93. The zero-order chi connectivity index (χ0) is 12.5. The molecule has 5 heteroatoms. The lowest BCUT2D eigenvalue weighted by Crippen LogP contribution is -2.46. The fraction of sp³-hybridized carbons (Fsp3) is 0.500. The SMILES string of the molecule is CC1(C)CN(C(=O)c2cccc(Br)n2)CCS1. The normalized spacial score (nSPS) is 19.1. The van der Waals surface area contributed by atoms with Gasteiger partial charge in [-0.25, -0.2) is 4.98 Å². The average Bonchev–Trinajstić information content (AvgIpc) is 2.26. The molecule has 0 atom stereocenters. The lowest BCUT2D eigenvalue weighted by molar-refractivity contribution is 0.0742. The van der Waals surface area contributed by atoms with Gasteiger partial charge in [-0.15, -0.1) is 0 Å². The molecule has 0 spiro atoms. The van der Waals surface area contributed by atoms with Crippen LogP contribution in [0.5, 0.6) is 0 Å². The van der Waals surface area contributed by atoms with Crippen LogP contribution in [-0.2, 0) is 0 Å². The first kappa shape index (κ1) is 12.9. The number of rotatable bonds is 1. The summed E-state index contributed by atoms with van der Waals surface area (Å²) in [6, 6.07) is 5.43. The van der Waals surface area contributed by atoms with E-state index in [1.807, 2.05) is 28.8 Å². The highest BCUT2D eigenvalue weighted by atomic mass is 79.9. The summed E-state index contributed by atoms with van der Waals surface area (Å²) >= 11 is 5.21. The van der Waals surface area contributed by atoms with E-state index >= 15 is 0 Å². The van der Waals surface area contributed by atoms with Crippen molar-refractivity contribution in [1.29, 1.82) is 0 Å². The minimum absolute atomic E-state index is 0.0275. The Bertz CT molecular complexity index is 436. The van der Waals surface area contributed by atoms with Gasteiger partial charge in [0.15, 0.2) is 0 Å². The molecule has 0 bridgehead atoms. The molecule has 0 saturated carbocycles. The molecule has 1 aromatic rings. The minimum atomic E-state index is 0.0275. The average molecular weight is 315 g/mol. The molecular formula is C12H15BrN2OS. The van der Waals surface area contributed by atoms with Crippen LogP contribution >= 0.6 is 27.7 Å². The van der Waals surface area contributed by atoms with Crippen molar-refractivity contribution in [3.63, 3.8) is 0 Å². The number of pyridine rings is 1. The minimum Gasteiger partial charge on any atom is -0.335 e. The largest absolute Gasteiger partial charge is 0.335 e. The van der Waals surface area contributed by atoms with Gasteiger partial charge in [0, 0.05) is 23.6 Å². The quantitative estimate of drug-likeness (QED) is 0.747. The summed E-state index contributed by atoms with van der Waals surface area (Å²) < 4.78 is 0.842. The van der Waals surface area contributed by atoms with E-state index in [-0.39, 0.29) is 10.7 Å². The predicted octanol–water partition coefficient (Wildman–Crippen LogP) is 2.81. The van der Waals surface area contributed by atoms with Crippen LogP contribution in [0.2, 0.25) is 0 Å². The van der Waals surface area contributed by atoms with E-state index in [9.17, 15) is 4.79 Å². The molecule has 0 aliphatic carbocycles. The van der Waals surface area contributed by atoms with Gasteiger partial charge in [-0.1, -0.05) is 6.07 Å². The highest BCUT2D eigenvalue weighted by molar-refractivity contribution is 9.10. The van der Waals surface area contributed by atoms with Crippen molar-refractivity contribution >= 4 is 33.6 Å². The maximum Gasteiger partial charge on any atom is 0.272 e. The molecule has 0 N–H and O–H groups in total. The molecule has 0 radical (unpaired) electrons. The number of carbonyl (C=O) groups is 1. The van der Waals surface area contributed by atoms with Crippen LogP contribution in [-0.4, -0.2) is 39.4 Å². The van der Waals surface area contributed by atoms with Crippen LogP contribution in [0.1, 0.15) is 24.3 Å². The zero-order valence-corrected chi connectivity index (χ0v) is 12.3. The van der Waals surface area contributed by atoms with E-state index in [1.165, 1.54) is 0 Å². The lowest BCUT2D eigenvalue weighted by atomic mass is 10.1. The van der Waals surface area contributed by atoms with Gasteiger partial charge in [0.05, 0.1) is 0 Å². The molecule has 2 rings (SSSR count). The van der Waals surface area contributed by atoms with Gasteiger partial charge in [-0.3, -0.25) is 4.79 Å². The monoisotopic (exact) mass is 314 g/mol. The third kappa shape index (κ3) is 3.22. The third-order valence-electron chi connectivity index (χ3n) is 2.65. The number of hydrogen-bond acceptors (Lipinski definition) is 3. The van der Waals surface area contributed by atoms with Crippen LogP contribution in [0.3, 0.4) is 0 Å². The van der Waals surface area contributed by atoms with Crippen molar-refractivity contribution in [3.8, 4) is 0 Å². The fourth-order valence-electron chi connectivity index (χ4n) is 1.88. The number of halogens is 1. The molecule has 1 saturated heterocycles. The van der Waals surface area contributed by atoms with Crippen molar-refractivity contribution in [2.45, 2.75) is 18.6 Å².